The number of hydrogen-bond donors (Lipinski definition) is 2. The van der Waals surface area contributed by atoms with Crippen molar-refractivity contribution in [1.82, 2.24) is 0 Å². The van der Waals surface area contributed by atoms with Gasteiger partial charge in [-0.3, -0.25) is 9.59 Å². The highest BCUT2D eigenvalue weighted by Gasteiger charge is 2.21. The zero-order valence-electron chi connectivity index (χ0n) is 11.4. The summed E-state index contributed by atoms with van der Waals surface area (Å²) < 4.78 is 0. The Hall–Kier alpha value is -2.37. The van der Waals surface area contributed by atoms with E-state index in [0.29, 0.717) is 5.69 Å². The maximum atomic E-state index is 11.9. The second kappa shape index (κ2) is 6.70. The van der Waals surface area contributed by atoms with E-state index in [1.54, 1.807) is 13.0 Å². The third kappa shape index (κ3) is 3.81. The first-order valence-corrected chi connectivity index (χ1v) is 6.23. The molecule has 0 spiro atoms. The smallest absolute Gasteiger partial charge is 0.335 e. The quantitative estimate of drug-likeness (QED) is 0.828. The van der Waals surface area contributed by atoms with E-state index in [2.05, 4.69) is 0 Å². The first kappa shape index (κ1) is 15.7. The molecule has 0 aliphatic carbocycles. The summed E-state index contributed by atoms with van der Waals surface area (Å²) in [6.07, 6.45) is 0.212. The zero-order valence-corrected chi connectivity index (χ0v) is 11.4. The van der Waals surface area contributed by atoms with Crippen LogP contribution in [0.25, 0.3) is 0 Å². The van der Waals surface area contributed by atoms with E-state index in [1.165, 1.54) is 30.0 Å². The molecule has 1 unspecified atom stereocenters. The van der Waals surface area contributed by atoms with E-state index in [-0.39, 0.29) is 24.4 Å². The molecule has 0 fully saturated rings. The average molecular weight is 279 g/mol. The first-order valence-electron chi connectivity index (χ1n) is 6.23. The van der Waals surface area contributed by atoms with Crippen molar-refractivity contribution in [2.45, 2.75) is 20.3 Å². The highest BCUT2D eigenvalue weighted by atomic mass is 16.4. The van der Waals surface area contributed by atoms with Gasteiger partial charge < -0.3 is 15.1 Å². The van der Waals surface area contributed by atoms with Gasteiger partial charge >= 0.3 is 11.9 Å². The molecule has 0 aliphatic rings. The number of amides is 1. The Bertz CT molecular complexity index is 526. The van der Waals surface area contributed by atoms with Gasteiger partial charge in [-0.05, 0) is 18.2 Å². The molecule has 0 saturated heterocycles. The summed E-state index contributed by atoms with van der Waals surface area (Å²) in [7, 11) is 0. The zero-order chi connectivity index (χ0) is 15.3. The molecule has 0 aromatic heterocycles. The van der Waals surface area contributed by atoms with Crippen LogP contribution in [-0.4, -0.2) is 34.6 Å². The van der Waals surface area contributed by atoms with Gasteiger partial charge in [0.05, 0.1) is 11.5 Å². The standard InChI is InChI=1S/C14H17NO5/c1-3-12(16)15(8-9(2)13(17)18)11-6-4-5-10(7-11)14(19)20/h4-7,9H,3,8H2,1-2H3,(H,17,18)(H,19,20). The van der Waals surface area contributed by atoms with E-state index in [9.17, 15) is 14.4 Å². The summed E-state index contributed by atoms with van der Waals surface area (Å²) in [6.45, 7) is 3.17. The van der Waals surface area contributed by atoms with Gasteiger partial charge in [0.25, 0.3) is 0 Å². The fraction of sp³-hybridized carbons (Fsp3) is 0.357. The van der Waals surface area contributed by atoms with Crippen LogP contribution in [0.5, 0.6) is 0 Å². The van der Waals surface area contributed by atoms with Crippen molar-refractivity contribution < 1.29 is 24.6 Å². The first-order chi connectivity index (χ1) is 9.36. The lowest BCUT2D eigenvalue weighted by Gasteiger charge is -2.24. The van der Waals surface area contributed by atoms with Crippen LogP contribution in [0, 0.1) is 5.92 Å². The van der Waals surface area contributed by atoms with Crippen molar-refractivity contribution in [2.75, 3.05) is 11.4 Å². The normalized spacial score (nSPS) is 11.7. The third-order valence-electron chi connectivity index (χ3n) is 2.89. The number of rotatable bonds is 6. The van der Waals surface area contributed by atoms with Crippen LogP contribution in [0.4, 0.5) is 5.69 Å². The molecule has 0 heterocycles. The number of carboxylic acid groups (broad SMARTS) is 2. The molecule has 0 bridgehead atoms. The summed E-state index contributed by atoms with van der Waals surface area (Å²) in [5.74, 6) is -3.09. The van der Waals surface area contributed by atoms with Gasteiger partial charge in [-0.25, -0.2) is 4.79 Å². The van der Waals surface area contributed by atoms with E-state index in [0.717, 1.165) is 0 Å². The highest BCUT2D eigenvalue weighted by Crippen LogP contribution is 2.19. The van der Waals surface area contributed by atoms with Crippen molar-refractivity contribution in [1.29, 1.82) is 0 Å². The molecule has 2 N–H and O–H groups in total. The van der Waals surface area contributed by atoms with Crippen LogP contribution in [0.3, 0.4) is 0 Å². The molecule has 0 aliphatic heterocycles. The lowest BCUT2D eigenvalue weighted by molar-refractivity contribution is -0.140. The second-order valence-electron chi connectivity index (χ2n) is 4.45. The van der Waals surface area contributed by atoms with Crippen LogP contribution < -0.4 is 4.90 Å². The fourth-order valence-corrected chi connectivity index (χ4v) is 1.70. The molecule has 6 heteroatoms. The van der Waals surface area contributed by atoms with E-state index in [1.807, 2.05) is 0 Å². The van der Waals surface area contributed by atoms with E-state index < -0.39 is 17.9 Å². The predicted octanol–water partition coefficient (Wildman–Crippen LogP) is 1.85. The number of carboxylic acids is 2. The molecule has 1 amide bonds. The average Bonchev–Trinajstić information content (AvgIpc) is 2.43. The molecular weight excluding hydrogens is 262 g/mol. The number of hydrogen-bond acceptors (Lipinski definition) is 3. The molecule has 1 aromatic carbocycles. The highest BCUT2D eigenvalue weighted by molar-refractivity contribution is 5.96. The van der Waals surface area contributed by atoms with Gasteiger partial charge in [0, 0.05) is 18.7 Å². The Kier molecular flexibility index (Phi) is 5.25. The summed E-state index contributed by atoms with van der Waals surface area (Å²) in [4.78, 5) is 35.1. The summed E-state index contributed by atoms with van der Waals surface area (Å²) in [6, 6.07) is 5.90. The van der Waals surface area contributed by atoms with Crippen LogP contribution in [-0.2, 0) is 9.59 Å². The number of carbonyl (C=O) groups excluding carboxylic acids is 1. The lowest BCUT2D eigenvalue weighted by Crippen LogP contribution is -2.36. The molecule has 108 valence electrons. The molecule has 0 radical (unpaired) electrons. The number of anilines is 1. The number of aliphatic carboxylic acids is 1. The van der Waals surface area contributed by atoms with Gasteiger partial charge in [0.15, 0.2) is 0 Å². The SMILES string of the molecule is CCC(=O)N(CC(C)C(=O)O)c1cccc(C(=O)O)c1. The second-order valence-corrected chi connectivity index (χ2v) is 4.45. The van der Waals surface area contributed by atoms with Crippen molar-refractivity contribution in [3.63, 3.8) is 0 Å². The van der Waals surface area contributed by atoms with E-state index >= 15 is 0 Å². The monoisotopic (exact) mass is 279 g/mol. The molecule has 1 aromatic rings. The minimum Gasteiger partial charge on any atom is -0.481 e. The maximum absolute atomic E-state index is 11.9. The molecule has 1 rings (SSSR count). The Balaban J connectivity index is 3.10. The largest absolute Gasteiger partial charge is 0.481 e. The van der Waals surface area contributed by atoms with Crippen LogP contribution in [0.15, 0.2) is 24.3 Å². The number of nitrogens with zero attached hydrogens (tertiary/aromatic N) is 1. The Labute approximate surface area is 116 Å². The Morgan fingerprint density at radius 2 is 1.90 bits per heavy atom. The Morgan fingerprint density at radius 1 is 1.25 bits per heavy atom. The van der Waals surface area contributed by atoms with Gasteiger partial charge in [-0.2, -0.15) is 0 Å². The summed E-state index contributed by atoms with van der Waals surface area (Å²) in [5, 5.41) is 17.9. The predicted molar refractivity (Wildman–Crippen MR) is 72.8 cm³/mol. The van der Waals surface area contributed by atoms with Gasteiger partial charge in [-0.15, -0.1) is 0 Å². The summed E-state index contributed by atoms with van der Waals surface area (Å²) >= 11 is 0. The van der Waals surface area contributed by atoms with Crippen molar-refractivity contribution in [2.24, 2.45) is 5.92 Å². The minimum atomic E-state index is -1.10. The number of aromatic carboxylic acids is 1. The van der Waals surface area contributed by atoms with Crippen molar-refractivity contribution >= 4 is 23.5 Å². The lowest BCUT2D eigenvalue weighted by atomic mass is 10.1. The van der Waals surface area contributed by atoms with Gasteiger partial charge in [-0.1, -0.05) is 19.9 Å². The molecular formula is C14H17NO5. The van der Waals surface area contributed by atoms with Crippen LogP contribution in [0.1, 0.15) is 30.6 Å². The molecule has 20 heavy (non-hydrogen) atoms. The topological polar surface area (TPSA) is 94.9 Å². The molecule has 1 atom stereocenters. The number of carbonyl (C=O) groups is 3. The fourth-order valence-electron chi connectivity index (χ4n) is 1.70. The van der Waals surface area contributed by atoms with Gasteiger partial charge in [0.2, 0.25) is 5.91 Å². The third-order valence-corrected chi connectivity index (χ3v) is 2.89. The summed E-state index contributed by atoms with van der Waals surface area (Å²) in [5.41, 5.74) is 0.448. The van der Waals surface area contributed by atoms with Gasteiger partial charge in [0.1, 0.15) is 0 Å². The van der Waals surface area contributed by atoms with Crippen LogP contribution >= 0.6 is 0 Å². The Morgan fingerprint density at radius 3 is 2.40 bits per heavy atom. The number of benzene rings is 1. The maximum Gasteiger partial charge on any atom is 0.335 e. The minimum absolute atomic E-state index is 0.00504. The molecule has 0 saturated carbocycles. The van der Waals surface area contributed by atoms with E-state index in [4.69, 9.17) is 10.2 Å². The van der Waals surface area contributed by atoms with Crippen LogP contribution in [0.2, 0.25) is 0 Å². The van der Waals surface area contributed by atoms with Crippen molar-refractivity contribution in [3.05, 3.63) is 29.8 Å². The van der Waals surface area contributed by atoms with Crippen molar-refractivity contribution in [3.8, 4) is 0 Å². The molecule has 6 nitrogen and oxygen atoms in total.